The molecule has 2 N–H and O–H groups in total. The molecule has 4 rings (SSSR count). The van der Waals surface area contributed by atoms with Gasteiger partial charge < -0.3 is 15.4 Å². The summed E-state index contributed by atoms with van der Waals surface area (Å²) in [5.41, 5.74) is 3.56. The molecule has 0 fully saturated rings. The van der Waals surface area contributed by atoms with Crippen LogP contribution in [0.5, 0.6) is 5.75 Å². The number of aryl methyl sites for hydroxylation is 2. The van der Waals surface area contributed by atoms with Crippen molar-refractivity contribution < 1.29 is 19.1 Å². The maximum atomic E-state index is 13.1. The maximum Gasteiger partial charge on any atom is 0.283 e. The minimum atomic E-state index is -0.608. The molecule has 7 nitrogen and oxygen atoms in total. The molecule has 0 aromatic heterocycles. The Morgan fingerprint density at radius 1 is 0.944 bits per heavy atom. The number of para-hydroxylation sites is 2. The third kappa shape index (κ3) is 5.11. The van der Waals surface area contributed by atoms with Crippen LogP contribution in [0.3, 0.4) is 0 Å². The number of amides is 3. The van der Waals surface area contributed by atoms with E-state index >= 15 is 0 Å². The number of halogens is 1. The lowest BCUT2D eigenvalue weighted by Gasteiger charge is -2.16. The van der Waals surface area contributed by atoms with Gasteiger partial charge in [0.05, 0.1) is 18.0 Å². The molecule has 0 unspecified atom stereocenters. The number of benzene rings is 3. The minimum Gasteiger partial charge on any atom is -0.491 e. The Morgan fingerprint density at radius 2 is 1.67 bits per heavy atom. The number of anilines is 3. The molecular formula is C28H26ClN3O4. The van der Waals surface area contributed by atoms with Gasteiger partial charge in [0.2, 0.25) is 0 Å². The van der Waals surface area contributed by atoms with Crippen LogP contribution >= 0.6 is 11.6 Å². The second-order valence-electron chi connectivity index (χ2n) is 8.42. The Morgan fingerprint density at radius 3 is 2.39 bits per heavy atom. The molecule has 1 aliphatic heterocycles. The van der Waals surface area contributed by atoms with Crippen molar-refractivity contribution in [3.8, 4) is 5.75 Å². The number of imide groups is 1. The molecule has 0 saturated heterocycles. The van der Waals surface area contributed by atoms with E-state index in [9.17, 15) is 14.4 Å². The van der Waals surface area contributed by atoms with Crippen molar-refractivity contribution >= 4 is 46.4 Å². The summed E-state index contributed by atoms with van der Waals surface area (Å²) in [5.74, 6) is -0.935. The zero-order valence-corrected chi connectivity index (χ0v) is 21.0. The number of carbonyl (C=O) groups is 3. The Hall–Kier alpha value is -4.10. The number of hydrogen-bond donors (Lipinski definition) is 2. The van der Waals surface area contributed by atoms with E-state index in [2.05, 4.69) is 10.6 Å². The van der Waals surface area contributed by atoms with Crippen molar-refractivity contribution in [3.63, 3.8) is 0 Å². The van der Waals surface area contributed by atoms with Gasteiger partial charge in [-0.2, -0.15) is 0 Å². The highest BCUT2D eigenvalue weighted by molar-refractivity contribution is 6.53. The first-order chi connectivity index (χ1) is 17.3. The summed E-state index contributed by atoms with van der Waals surface area (Å²) in [5, 5.41) is 5.64. The molecule has 0 aliphatic carbocycles. The average molecular weight is 504 g/mol. The highest BCUT2D eigenvalue weighted by atomic mass is 35.5. The van der Waals surface area contributed by atoms with Gasteiger partial charge >= 0.3 is 0 Å². The van der Waals surface area contributed by atoms with Crippen molar-refractivity contribution in [2.45, 2.75) is 27.2 Å². The normalized spacial score (nSPS) is 13.3. The van der Waals surface area contributed by atoms with Crippen LogP contribution in [0.2, 0.25) is 0 Å². The molecule has 8 heteroatoms. The fourth-order valence-electron chi connectivity index (χ4n) is 3.67. The van der Waals surface area contributed by atoms with Crippen LogP contribution in [0.4, 0.5) is 17.1 Å². The van der Waals surface area contributed by atoms with Crippen molar-refractivity contribution in [1.29, 1.82) is 0 Å². The van der Waals surface area contributed by atoms with E-state index in [1.807, 2.05) is 45.0 Å². The second-order valence-corrected chi connectivity index (χ2v) is 8.80. The number of carbonyl (C=O) groups excluding carboxylic acids is 3. The number of nitrogens with one attached hydrogen (secondary N) is 2. The van der Waals surface area contributed by atoms with Crippen molar-refractivity contribution in [1.82, 2.24) is 0 Å². The standard InChI is InChI=1S/C28H26ClN3O4/c1-4-15-36-23-8-6-5-7-21(23)31-26(33)19-12-11-18(3)22(16-19)30-25-24(29)27(34)32(28(25)35)20-13-9-17(2)10-14-20/h5-14,16,30H,4,15H2,1-3H3,(H,31,33). The lowest BCUT2D eigenvalue weighted by Crippen LogP contribution is -2.32. The highest BCUT2D eigenvalue weighted by Gasteiger charge is 2.39. The van der Waals surface area contributed by atoms with E-state index in [1.54, 1.807) is 42.5 Å². The zero-order chi connectivity index (χ0) is 25.8. The van der Waals surface area contributed by atoms with Crippen molar-refractivity contribution in [2.75, 3.05) is 22.1 Å². The molecule has 3 amide bonds. The Labute approximate surface area is 214 Å². The lowest BCUT2D eigenvalue weighted by atomic mass is 10.1. The fraction of sp³-hybridized carbons (Fsp3) is 0.179. The van der Waals surface area contributed by atoms with Gasteiger partial charge in [-0.05, 0) is 62.2 Å². The first-order valence-electron chi connectivity index (χ1n) is 11.6. The molecule has 0 radical (unpaired) electrons. The van der Waals surface area contributed by atoms with Gasteiger partial charge in [0.25, 0.3) is 17.7 Å². The summed E-state index contributed by atoms with van der Waals surface area (Å²) in [6.07, 6.45) is 0.843. The Kier molecular flexibility index (Phi) is 7.41. The Balaban J connectivity index is 1.56. The summed E-state index contributed by atoms with van der Waals surface area (Å²) in [7, 11) is 0. The Bertz CT molecular complexity index is 1370. The molecule has 0 spiro atoms. The highest BCUT2D eigenvalue weighted by Crippen LogP contribution is 2.31. The molecule has 3 aromatic rings. The predicted octanol–water partition coefficient (Wildman–Crippen LogP) is 5.78. The second kappa shape index (κ2) is 10.7. The van der Waals surface area contributed by atoms with Gasteiger partial charge in [-0.3, -0.25) is 14.4 Å². The number of rotatable bonds is 8. The smallest absolute Gasteiger partial charge is 0.283 e. The van der Waals surface area contributed by atoms with E-state index in [0.717, 1.165) is 22.4 Å². The van der Waals surface area contributed by atoms with E-state index in [4.69, 9.17) is 16.3 Å². The molecule has 36 heavy (non-hydrogen) atoms. The molecular weight excluding hydrogens is 478 g/mol. The van der Waals surface area contributed by atoms with E-state index in [1.165, 1.54) is 0 Å². The van der Waals surface area contributed by atoms with Crippen LogP contribution in [-0.4, -0.2) is 24.3 Å². The summed E-state index contributed by atoms with van der Waals surface area (Å²) in [6.45, 7) is 6.28. The van der Waals surface area contributed by atoms with Crippen molar-refractivity contribution in [3.05, 3.63) is 94.1 Å². The fourth-order valence-corrected chi connectivity index (χ4v) is 3.89. The first kappa shape index (κ1) is 25.0. The maximum absolute atomic E-state index is 13.1. The van der Waals surface area contributed by atoms with Crippen LogP contribution in [-0.2, 0) is 9.59 Å². The topological polar surface area (TPSA) is 87.7 Å². The van der Waals surface area contributed by atoms with E-state index in [0.29, 0.717) is 35.0 Å². The molecule has 0 atom stereocenters. The summed E-state index contributed by atoms with van der Waals surface area (Å²) in [6, 6.07) is 19.3. The van der Waals surface area contributed by atoms with Crippen LogP contribution in [0.15, 0.2) is 77.5 Å². The third-order valence-electron chi connectivity index (χ3n) is 5.68. The summed E-state index contributed by atoms with van der Waals surface area (Å²) < 4.78 is 5.72. The minimum absolute atomic E-state index is 0.0405. The van der Waals surface area contributed by atoms with Crippen LogP contribution < -0.4 is 20.3 Å². The van der Waals surface area contributed by atoms with Gasteiger partial charge in [0.1, 0.15) is 16.5 Å². The van der Waals surface area contributed by atoms with E-state index in [-0.39, 0.29) is 16.6 Å². The average Bonchev–Trinajstić information content (AvgIpc) is 3.08. The number of nitrogens with zero attached hydrogens (tertiary/aromatic N) is 1. The van der Waals surface area contributed by atoms with Gasteiger partial charge in [-0.25, -0.2) is 4.90 Å². The number of hydrogen-bond acceptors (Lipinski definition) is 5. The molecule has 184 valence electrons. The van der Waals surface area contributed by atoms with E-state index < -0.39 is 11.8 Å². The van der Waals surface area contributed by atoms with Gasteiger partial charge in [-0.1, -0.05) is 54.4 Å². The monoisotopic (exact) mass is 503 g/mol. The van der Waals surface area contributed by atoms with Crippen molar-refractivity contribution in [2.24, 2.45) is 0 Å². The quantitative estimate of drug-likeness (QED) is 0.380. The molecule has 1 heterocycles. The molecule has 1 aliphatic rings. The van der Waals surface area contributed by atoms with Crippen LogP contribution in [0.25, 0.3) is 0 Å². The largest absolute Gasteiger partial charge is 0.491 e. The number of ether oxygens (including phenoxy) is 1. The third-order valence-corrected chi connectivity index (χ3v) is 6.03. The predicted molar refractivity (Wildman–Crippen MR) is 142 cm³/mol. The van der Waals surface area contributed by atoms with Crippen LogP contribution in [0.1, 0.15) is 34.8 Å². The molecule has 0 saturated carbocycles. The molecule has 3 aromatic carbocycles. The van der Waals surface area contributed by atoms with Gasteiger partial charge in [0.15, 0.2) is 0 Å². The van der Waals surface area contributed by atoms with Gasteiger partial charge in [-0.15, -0.1) is 0 Å². The summed E-state index contributed by atoms with van der Waals surface area (Å²) >= 11 is 6.28. The SMILES string of the molecule is CCCOc1ccccc1NC(=O)c1ccc(C)c(NC2=C(Cl)C(=O)N(c3ccc(C)cc3)C2=O)c1. The van der Waals surface area contributed by atoms with Crippen LogP contribution in [0, 0.1) is 13.8 Å². The van der Waals surface area contributed by atoms with Gasteiger partial charge in [0, 0.05) is 11.3 Å². The lowest BCUT2D eigenvalue weighted by molar-refractivity contribution is -0.120. The molecule has 0 bridgehead atoms. The zero-order valence-electron chi connectivity index (χ0n) is 20.2. The summed E-state index contributed by atoms with van der Waals surface area (Å²) in [4.78, 5) is 39.9. The first-order valence-corrected chi connectivity index (χ1v) is 11.9.